The number of hydrogen-bond acceptors (Lipinski definition) is 2. The van der Waals surface area contributed by atoms with E-state index < -0.39 is 0 Å². The molecule has 2 aromatic rings. The molecule has 1 unspecified atom stereocenters. The maximum absolute atomic E-state index is 5.77. The predicted octanol–water partition coefficient (Wildman–Crippen LogP) is 5.12. The third-order valence-electron chi connectivity index (χ3n) is 3.99. The first-order valence-corrected chi connectivity index (χ1v) is 8.64. The Labute approximate surface area is 140 Å². The van der Waals surface area contributed by atoms with Crippen LogP contribution in [0.25, 0.3) is 11.1 Å². The summed E-state index contributed by atoms with van der Waals surface area (Å²) in [7, 11) is 0. The van der Waals surface area contributed by atoms with Crippen molar-refractivity contribution in [2.45, 2.75) is 39.2 Å². The van der Waals surface area contributed by atoms with Crippen molar-refractivity contribution in [2.75, 3.05) is 19.8 Å². The van der Waals surface area contributed by atoms with Gasteiger partial charge in [0, 0.05) is 6.61 Å². The van der Waals surface area contributed by atoms with E-state index in [1.807, 2.05) is 6.92 Å². The van der Waals surface area contributed by atoms with Crippen LogP contribution >= 0.6 is 0 Å². The second-order valence-corrected chi connectivity index (χ2v) is 5.79. The highest BCUT2D eigenvalue weighted by Gasteiger charge is 2.06. The zero-order valence-electron chi connectivity index (χ0n) is 14.3. The van der Waals surface area contributed by atoms with Gasteiger partial charge in [0.15, 0.2) is 0 Å². The van der Waals surface area contributed by atoms with Crippen molar-refractivity contribution in [3.63, 3.8) is 0 Å². The molecule has 2 heteroatoms. The smallest absolute Gasteiger partial charge is 0.0704 e. The van der Waals surface area contributed by atoms with Gasteiger partial charge in [0.25, 0.3) is 0 Å². The van der Waals surface area contributed by atoms with Crippen molar-refractivity contribution in [3.05, 3.63) is 60.2 Å². The molecule has 0 spiro atoms. The summed E-state index contributed by atoms with van der Waals surface area (Å²) in [6.45, 7) is 6.30. The summed E-state index contributed by atoms with van der Waals surface area (Å²) in [5, 5.41) is 0. The van der Waals surface area contributed by atoms with Crippen LogP contribution in [0, 0.1) is 0 Å². The van der Waals surface area contributed by atoms with Crippen LogP contribution in [-0.2, 0) is 15.9 Å². The Morgan fingerprint density at radius 3 is 2.43 bits per heavy atom. The molecular weight excluding hydrogens is 284 g/mol. The summed E-state index contributed by atoms with van der Waals surface area (Å²) in [5.41, 5.74) is 4.06. The van der Waals surface area contributed by atoms with Gasteiger partial charge in [-0.15, -0.1) is 0 Å². The van der Waals surface area contributed by atoms with E-state index in [1.54, 1.807) is 0 Å². The highest BCUT2D eigenvalue weighted by atomic mass is 16.5. The molecule has 0 heterocycles. The third kappa shape index (κ3) is 6.17. The lowest BCUT2D eigenvalue weighted by molar-refractivity contribution is 0.0115. The fourth-order valence-electron chi connectivity index (χ4n) is 2.75. The van der Waals surface area contributed by atoms with Gasteiger partial charge in [-0.2, -0.15) is 0 Å². The van der Waals surface area contributed by atoms with E-state index in [0.717, 1.165) is 25.9 Å². The Bertz CT molecular complexity index is 551. The molecule has 0 amide bonds. The maximum atomic E-state index is 5.77. The molecule has 2 aromatic carbocycles. The average molecular weight is 312 g/mol. The van der Waals surface area contributed by atoms with Crippen LogP contribution in [0.3, 0.4) is 0 Å². The Morgan fingerprint density at radius 2 is 1.65 bits per heavy atom. The average Bonchev–Trinajstić information content (AvgIpc) is 2.60. The van der Waals surface area contributed by atoms with Crippen LogP contribution in [0.5, 0.6) is 0 Å². The number of ether oxygens (including phenoxy) is 2. The predicted molar refractivity (Wildman–Crippen MR) is 96.7 cm³/mol. The third-order valence-corrected chi connectivity index (χ3v) is 3.99. The first kappa shape index (κ1) is 17.7. The van der Waals surface area contributed by atoms with Crippen molar-refractivity contribution in [3.8, 4) is 11.1 Å². The summed E-state index contributed by atoms with van der Waals surface area (Å²) in [5.74, 6) is 0. The maximum Gasteiger partial charge on any atom is 0.0704 e. The summed E-state index contributed by atoms with van der Waals surface area (Å²) in [4.78, 5) is 0. The first-order chi connectivity index (χ1) is 11.3. The Morgan fingerprint density at radius 1 is 0.913 bits per heavy atom. The van der Waals surface area contributed by atoms with Crippen LogP contribution < -0.4 is 0 Å². The fourth-order valence-corrected chi connectivity index (χ4v) is 2.75. The van der Waals surface area contributed by atoms with Gasteiger partial charge >= 0.3 is 0 Å². The fraction of sp³-hybridized carbons (Fsp3) is 0.429. The number of rotatable bonds is 10. The Balaban J connectivity index is 1.82. The second-order valence-electron chi connectivity index (χ2n) is 5.79. The molecule has 124 valence electrons. The topological polar surface area (TPSA) is 18.5 Å². The second kappa shape index (κ2) is 10.2. The lowest BCUT2D eigenvalue weighted by Crippen LogP contribution is -2.13. The minimum absolute atomic E-state index is 0.291. The molecular formula is C21H28O2. The zero-order chi connectivity index (χ0) is 16.3. The zero-order valence-corrected chi connectivity index (χ0v) is 14.3. The Kier molecular flexibility index (Phi) is 7.85. The molecule has 2 nitrogen and oxygen atoms in total. The van der Waals surface area contributed by atoms with Gasteiger partial charge in [0.2, 0.25) is 0 Å². The molecule has 0 aliphatic rings. The molecule has 0 aromatic heterocycles. The van der Waals surface area contributed by atoms with E-state index in [2.05, 4.69) is 61.5 Å². The van der Waals surface area contributed by atoms with Crippen molar-refractivity contribution < 1.29 is 9.47 Å². The van der Waals surface area contributed by atoms with Crippen LogP contribution in [0.4, 0.5) is 0 Å². The Hall–Kier alpha value is -1.64. The van der Waals surface area contributed by atoms with E-state index in [4.69, 9.17) is 9.47 Å². The van der Waals surface area contributed by atoms with Gasteiger partial charge in [0.05, 0.1) is 19.3 Å². The van der Waals surface area contributed by atoms with Crippen LogP contribution in [0.1, 0.15) is 32.3 Å². The molecule has 0 aliphatic carbocycles. The van der Waals surface area contributed by atoms with Gasteiger partial charge in [-0.05, 0) is 49.8 Å². The molecule has 0 aliphatic heterocycles. The van der Waals surface area contributed by atoms with Crippen LogP contribution in [-0.4, -0.2) is 25.9 Å². The summed E-state index contributed by atoms with van der Waals surface area (Å²) in [6.07, 6.45) is 3.60. The normalized spacial score (nSPS) is 12.3. The van der Waals surface area contributed by atoms with Gasteiger partial charge in [-0.25, -0.2) is 0 Å². The highest BCUT2D eigenvalue weighted by Crippen LogP contribution is 2.24. The van der Waals surface area contributed by atoms with Gasteiger partial charge in [-0.1, -0.05) is 54.6 Å². The van der Waals surface area contributed by atoms with Crippen LogP contribution in [0.2, 0.25) is 0 Å². The van der Waals surface area contributed by atoms with E-state index in [1.165, 1.54) is 16.7 Å². The van der Waals surface area contributed by atoms with Gasteiger partial charge in [-0.3, -0.25) is 0 Å². The summed E-state index contributed by atoms with van der Waals surface area (Å²) in [6, 6.07) is 19.3. The molecule has 0 fully saturated rings. The van der Waals surface area contributed by atoms with Crippen molar-refractivity contribution in [1.82, 2.24) is 0 Å². The van der Waals surface area contributed by atoms with Crippen molar-refractivity contribution in [2.24, 2.45) is 0 Å². The van der Waals surface area contributed by atoms with Crippen molar-refractivity contribution in [1.29, 1.82) is 0 Å². The molecule has 0 saturated heterocycles. The molecule has 0 radical (unpaired) electrons. The molecule has 0 N–H and O–H groups in total. The summed E-state index contributed by atoms with van der Waals surface area (Å²) < 4.78 is 11.1. The first-order valence-electron chi connectivity index (χ1n) is 8.64. The quantitative estimate of drug-likeness (QED) is 0.567. The van der Waals surface area contributed by atoms with Crippen molar-refractivity contribution >= 4 is 0 Å². The monoisotopic (exact) mass is 312 g/mol. The minimum atomic E-state index is 0.291. The lowest BCUT2D eigenvalue weighted by Gasteiger charge is -2.14. The van der Waals surface area contributed by atoms with E-state index in [-0.39, 0.29) is 0 Å². The largest absolute Gasteiger partial charge is 0.379 e. The highest BCUT2D eigenvalue weighted by molar-refractivity contribution is 5.67. The van der Waals surface area contributed by atoms with E-state index >= 15 is 0 Å². The molecule has 0 bridgehead atoms. The van der Waals surface area contributed by atoms with Gasteiger partial charge < -0.3 is 9.47 Å². The van der Waals surface area contributed by atoms with E-state index in [0.29, 0.717) is 19.3 Å². The lowest BCUT2D eigenvalue weighted by atomic mass is 9.96. The number of hydrogen-bond donors (Lipinski definition) is 0. The SMILES string of the molecule is CCOCCOC(C)CCCc1ccccc1-c1ccccc1. The van der Waals surface area contributed by atoms with E-state index in [9.17, 15) is 0 Å². The summed E-state index contributed by atoms with van der Waals surface area (Å²) >= 11 is 0. The molecule has 1 atom stereocenters. The molecule has 0 saturated carbocycles. The number of benzene rings is 2. The van der Waals surface area contributed by atoms with Crippen LogP contribution in [0.15, 0.2) is 54.6 Å². The minimum Gasteiger partial charge on any atom is -0.379 e. The molecule has 23 heavy (non-hydrogen) atoms. The number of aryl methyl sites for hydroxylation is 1. The van der Waals surface area contributed by atoms with Gasteiger partial charge in [0.1, 0.15) is 0 Å². The standard InChI is InChI=1S/C21H28O2/c1-3-22-16-17-23-18(2)10-9-14-20-13-7-8-15-21(20)19-11-5-4-6-12-19/h4-8,11-13,15,18H,3,9-10,14,16-17H2,1-2H3. The molecule has 2 rings (SSSR count).